The van der Waals surface area contributed by atoms with Crippen molar-refractivity contribution in [3.8, 4) is 0 Å². The Bertz CT molecular complexity index is 762. The molecule has 0 saturated heterocycles. The van der Waals surface area contributed by atoms with Crippen molar-refractivity contribution in [3.05, 3.63) is 46.7 Å². The summed E-state index contributed by atoms with van der Waals surface area (Å²) in [7, 11) is 0. The molecule has 0 spiro atoms. The summed E-state index contributed by atoms with van der Waals surface area (Å²) in [4.78, 5) is 8.04. The van der Waals surface area contributed by atoms with Crippen molar-refractivity contribution in [1.82, 2.24) is 20.2 Å². The van der Waals surface area contributed by atoms with E-state index in [4.69, 9.17) is 5.73 Å². The molecule has 0 amide bonds. The van der Waals surface area contributed by atoms with Crippen LogP contribution in [0.5, 0.6) is 0 Å². The second-order valence-electron chi connectivity index (χ2n) is 4.95. The predicted molar refractivity (Wildman–Crippen MR) is 83.6 cm³/mol. The number of pyridine rings is 2. The second-order valence-corrected chi connectivity index (χ2v) is 4.95. The van der Waals surface area contributed by atoms with Gasteiger partial charge in [-0.15, -0.1) is 0 Å². The highest BCUT2D eigenvalue weighted by atomic mass is 19.1. The lowest BCUT2D eigenvalue weighted by atomic mass is 10.1. The monoisotopic (exact) mass is 290 g/mol. The maximum absolute atomic E-state index is 12.5. The quantitative estimate of drug-likeness (QED) is 0.666. The number of aromatic nitrogens is 4. The van der Waals surface area contributed by atoms with Gasteiger partial charge in [-0.3, -0.25) is 10.1 Å². The number of anilines is 1. The number of aromatic amines is 1. The predicted octanol–water partition coefficient (Wildman–Crippen LogP) is 3.24. The third kappa shape index (κ3) is 3.34. The Balaban J connectivity index is 0.000000212. The minimum atomic E-state index is -0.411. The van der Waals surface area contributed by atoms with Crippen molar-refractivity contribution in [2.75, 3.05) is 5.73 Å². The van der Waals surface area contributed by atoms with Gasteiger partial charge in [0.1, 0.15) is 11.6 Å². The highest BCUT2D eigenvalue weighted by molar-refractivity contribution is 5.85. The first-order valence-corrected chi connectivity index (χ1v) is 6.55. The van der Waals surface area contributed by atoms with E-state index in [1.807, 2.05) is 6.92 Å². The van der Waals surface area contributed by atoms with Gasteiger partial charge in [0.15, 0.2) is 5.65 Å². The largest absolute Gasteiger partial charge is 0.384 e. The van der Waals surface area contributed by atoms with Crippen LogP contribution in [0.25, 0.3) is 11.0 Å². The molecule has 3 aromatic heterocycles. The SMILES string of the molecule is Cc1cc(C)c(C)c(C)n1.Nc1[nH]nc2ncc(F)cc12.[2HH]. The molecule has 6 heteroatoms. The van der Waals surface area contributed by atoms with Gasteiger partial charge >= 0.3 is 0 Å². The third-order valence-corrected chi connectivity index (χ3v) is 3.31. The molecule has 5 nitrogen and oxygen atoms in total. The Morgan fingerprint density at radius 3 is 2.57 bits per heavy atom. The number of hydrogen-bond acceptors (Lipinski definition) is 4. The normalized spacial score (nSPS) is 10.3. The van der Waals surface area contributed by atoms with Crippen LogP contribution >= 0.6 is 0 Å². The number of nitrogens with two attached hydrogens (primary N) is 1. The molecule has 3 aromatic rings. The van der Waals surface area contributed by atoms with E-state index in [0.29, 0.717) is 16.9 Å². The summed E-state index contributed by atoms with van der Waals surface area (Å²) in [6, 6.07) is 3.41. The number of H-pyrrole nitrogens is 1. The zero-order chi connectivity index (χ0) is 15.6. The number of aryl methyl sites for hydroxylation is 3. The zero-order valence-electron chi connectivity index (χ0n) is 12.5. The van der Waals surface area contributed by atoms with E-state index in [1.165, 1.54) is 17.2 Å². The first-order valence-electron chi connectivity index (χ1n) is 6.55. The molecule has 0 atom stereocenters. The van der Waals surface area contributed by atoms with Gasteiger partial charge in [0.25, 0.3) is 0 Å². The van der Waals surface area contributed by atoms with Crippen LogP contribution in [0, 0.1) is 33.5 Å². The maximum Gasteiger partial charge on any atom is 0.183 e. The Morgan fingerprint density at radius 1 is 1.19 bits per heavy atom. The molecule has 0 aliphatic carbocycles. The summed E-state index contributed by atoms with van der Waals surface area (Å²) < 4.78 is 12.5. The topological polar surface area (TPSA) is 80.5 Å². The fourth-order valence-electron chi connectivity index (χ4n) is 1.98. The highest BCUT2D eigenvalue weighted by Crippen LogP contribution is 2.15. The van der Waals surface area contributed by atoms with Crippen molar-refractivity contribution in [2.24, 2.45) is 0 Å². The van der Waals surface area contributed by atoms with Gasteiger partial charge in [0, 0.05) is 12.8 Å². The standard InChI is InChI=1S/C9H13N.C6H5FN4.H2/c1-6-5-7(2)10-9(4)8(6)3;7-3-1-4-5(8)10-11-6(4)9-2-3;/h5H,1-4H3;1-2H,(H3,8,9,10,11);1H/i;;1+1. The molecule has 0 fully saturated rings. The van der Waals surface area contributed by atoms with Gasteiger partial charge in [-0.2, -0.15) is 5.10 Å². The number of halogens is 1. The summed E-state index contributed by atoms with van der Waals surface area (Å²) in [5, 5.41) is 6.75. The lowest BCUT2D eigenvalue weighted by Crippen LogP contribution is -1.92. The molecule has 0 saturated carbocycles. The van der Waals surface area contributed by atoms with Crippen LogP contribution in [0.15, 0.2) is 18.3 Å². The van der Waals surface area contributed by atoms with E-state index in [2.05, 4.69) is 47.0 Å². The van der Waals surface area contributed by atoms with Gasteiger partial charge in [-0.25, -0.2) is 9.37 Å². The van der Waals surface area contributed by atoms with Crippen LogP contribution in [0.1, 0.15) is 23.9 Å². The molecule has 3 heterocycles. The summed E-state index contributed by atoms with van der Waals surface area (Å²) >= 11 is 0. The first kappa shape index (κ1) is 14.9. The number of rotatable bonds is 0. The van der Waals surface area contributed by atoms with Gasteiger partial charge in [-0.1, -0.05) is 0 Å². The van der Waals surface area contributed by atoms with Crippen LogP contribution in [-0.2, 0) is 0 Å². The van der Waals surface area contributed by atoms with Crippen LogP contribution in [-0.4, -0.2) is 20.2 Å². The average molecular weight is 290 g/mol. The molecule has 0 aliphatic rings. The minimum absolute atomic E-state index is 0. The second kappa shape index (κ2) is 5.87. The first-order chi connectivity index (χ1) is 9.88. The van der Waals surface area contributed by atoms with E-state index < -0.39 is 5.82 Å². The molecule has 0 radical (unpaired) electrons. The van der Waals surface area contributed by atoms with Crippen molar-refractivity contribution < 1.29 is 5.82 Å². The minimum Gasteiger partial charge on any atom is -0.384 e. The molecule has 0 aliphatic heterocycles. The average Bonchev–Trinajstić information content (AvgIpc) is 2.78. The molecule has 0 bridgehead atoms. The van der Waals surface area contributed by atoms with Crippen molar-refractivity contribution >= 4 is 16.9 Å². The summed E-state index contributed by atoms with van der Waals surface area (Å²) in [5.41, 5.74) is 10.8. The Hall–Kier alpha value is -2.50. The van der Waals surface area contributed by atoms with Crippen molar-refractivity contribution in [1.29, 1.82) is 0 Å². The summed E-state index contributed by atoms with van der Waals surface area (Å²) in [6.07, 6.45) is 1.10. The third-order valence-electron chi connectivity index (χ3n) is 3.31. The lowest BCUT2D eigenvalue weighted by Gasteiger charge is -2.03. The number of hydrogen-bond donors (Lipinski definition) is 2. The van der Waals surface area contributed by atoms with E-state index in [9.17, 15) is 4.39 Å². The van der Waals surface area contributed by atoms with E-state index in [1.54, 1.807) is 0 Å². The number of nitrogens with one attached hydrogen (secondary N) is 1. The zero-order valence-corrected chi connectivity index (χ0v) is 12.5. The molecular weight excluding hydrogens is 269 g/mol. The number of fused-ring (bicyclic) bond motifs is 1. The van der Waals surface area contributed by atoms with E-state index in [0.717, 1.165) is 17.6 Å². The molecular formula is C15H20FN5. The maximum atomic E-state index is 12.5. The fraction of sp³-hybridized carbons (Fsp3) is 0.267. The Morgan fingerprint density at radius 2 is 1.90 bits per heavy atom. The highest BCUT2D eigenvalue weighted by Gasteiger charge is 2.03. The molecule has 112 valence electrons. The fourth-order valence-corrected chi connectivity index (χ4v) is 1.98. The van der Waals surface area contributed by atoms with Gasteiger partial charge in [-0.05, 0) is 51.0 Å². The van der Waals surface area contributed by atoms with E-state index >= 15 is 0 Å². The van der Waals surface area contributed by atoms with Gasteiger partial charge < -0.3 is 5.73 Å². The smallest absolute Gasteiger partial charge is 0.183 e. The lowest BCUT2D eigenvalue weighted by molar-refractivity contribution is 0.624. The van der Waals surface area contributed by atoms with Gasteiger partial charge in [0.05, 0.1) is 11.6 Å². The van der Waals surface area contributed by atoms with Crippen LogP contribution in [0.4, 0.5) is 10.2 Å². The molecule has 0 unspecified atom stereocenters. The molecule has 3 N–H and O–H groups in total. The Kier molecular flexibility index (Phi) is 4.16. The van der Waals surface area contributed by atoms with Crippen LogP contribution in [0.2, 0.25) is 0 Å². The number of nitrogens with zero attached hydrogens (tertiary/aromatic N) is 3. The molecule has 3 rings (SSSR count). The van der Waals surface area contributed by atoms with Gasteiger partial charge in [0.2, 0.25) is 0 Å². The summed E-state index contributed by atoms with van der Waals surface area (Å²) in [6.45, 7) is 8.31. The van der Waals surface area contributed by atoms with Crippen molar-refractivity contribution in [2.45, 2.75) is 27.7 Å². The van der Waals surface area contributed by atoms with Crippen LogP contribution in [0.3, 0.4) is 0 Å². The Labute approximate surface area is 123 Å². The molecule has 0 aromatic carbocycles. The summed E-state index contributed by atoms with van der Waals surface area (Å²) in [5.74, 6) is -0.0717. The van der Waals surface area contributed by atoms with Crippen LogP contribution < -0.4 is 5.73 Å². The number of nitrogen functional groups attached to an aromatic ring is 1. The van der Waals surface area contributed by atoms with Crippen molar-refractivity contribution in [3.63, 3.8) is 0 Å². The van der Waals surface area contributed by atoms with E-state index in [-0.39, 0.29) is 1.43 Å². The molecule has 21 heavy (non-hydrogen) atoms.